The number of nitrogens with two attached hydrogens (primary N) is 1. The van der Waals surface area contributed by atoms with Gasteiger partial charge in [-0.25, -0.2) is 14.2 Å². The first-order valence-corrected chi connectivity index (χ1v) is 10.7. The Balaban J connectivity index is 1.58. The smallest absolute Gasteiger partial charge is 0.252 e. The normalized spacial score (nSPS) is 11.1. The van der Waals surface area contributed by atoms with Gasteiger partial charge in [0.25, 0.3) is 5.91 Å². The quantitative estimate of drug-likeness (QED) is 0.396. The van der Waals surface area contributed by atoms with Crippen LogP contribution in [0.4, 0.5) is 5.82 Å². The lowest BCUT2D eigenvalue weighted by molar-refractivity contribution is 0.100. The van der Waals surface area contributed by atoms with Crippen molar-refractivity contribution in [2.24, 2.45) is 5.73 Å². The maximum atomic E-state index is 11.8. The number of primary amides is 1. The average Bonchev–Trinajstić information content (AvgIpc) is 3.42. The second-order valence-electron chi connectivity index (χ2n) is 7.61. The number of hydrogen-bond acceptors (Lipinski definition) is 5. The van der Waals surface area contributed by atoms with Crippen LogP contribution in [-0.2, 0) is 6.54 Å². The van der Waals surface area contributed by atoms with Crippen LogP contribution in [0.3, 0.4) is 0 Å². The van der Waals surface area contributed by atoms with Gasteiger partial charge in [0.15, 0.2) is 5.82 Å². The van der Waals surface area contributed by atoms with Crippen LogP contribution >= 0.6 is 11.6 Å². The predicted octanol–water partition coefficient (Wildman–Crippen LogP) is 4.25. The molecule has 8 nitrogen and oxygen atoms in total. The third-order valence-corrected chi connectivity index (χ3v) is 5.48. The van der Waals surface area contributed by atoms with Gasteiger partial charge in [-0.3, -0.25) is 4.79 Å². The average molecular weight is 458 g/mol. The van der Waals surface area contributed by atoms with E-state index in [4.69, 9.17) is 22.4 Å². The highest BCUT2D eigenvalue weighted by Crippen LogP contribution is 2.28. The van der Waals surface area contributed by atoms with Gasteiger partial charge in [-0.2, -0.15) is 5.10 Å². The lowest BCUT2D eigenvalue weighted by Gasteiger charge is -2.08. The van der Waals surface area contributed by atoms with Crippen molar-refractivity contribution in [2.75, 3.05) is 5.32 Å². The Labute approximate surface area is 194 Å². The highest BCUT2D eigenvalue weighted by Gasteiger charge is 2.16. The number of carbonyl (C=O) groups excluding carboxylic acids is 1. The topological polar surface area (TPSA) is 103 Å². The Hall–Kier alpha value is -4.17. The van der Waals surface area contributed by atoms with Crippen LogP contribution in [0.5, 0.6) is 0 Å². The maximum Gasteiger partial charge on any atom is 0.252 e. The van der Waals surface area contributed by atoms with E-state index in [0.29, 0.717) is 34.3 Å². The second kappa shape index (κ2) is 8.40. The van der Waals surface area contributed by atoms with Crippen LogP contribution < -0.4 is 11.1 Å². The highest BCUT2D eigenvalue weighted by atomic mass is 35.5. The van der Waals surface area contributed by atoms with Crippen molar-refractivity contribution in [3.05, 3.63) is 94.9 Å². The third kappa shape index (κ3) is 4.16. The van der Waals surface area contributed by atoms with E-state index in [9.17, 15) is 4.79 Å². The number of carbonyl (C=O) groups is 1. The van der Waals surface area contributed by atoms with Crippen LogP contribution in [0.25, 0.3) is 22.6 Å². The molecule has 0 saturated heterocycles. The summed E-state index contributed by atoms with van der Waals surface area (Å²) >= 11 is 6.11. The molecular formula is C24H20ClN7O. The molecule has 1 amide bonds. The summed E-state index contributed by atoms with van der Waals surface area (Å²) in [5.41, 5.74) is 10.1. The van der Waals surface area contributed by atoms with Crippen LogP contribution in [0.2, 0.25) is 5.02 Å². The molecule has 4 aromatic heterocycles. The van der Waals surface area contributed by atoms with E-state index in [1.165, 1.54) is 6.20 Å². The number of hydrogen-bond donors (Lipinski definition) is 2. The number of benzene rings is 1. The number of aryl methyl sites for hydroxylation is 1. The lowest BCUT2D eigenvalue weighted by atomic mass is 10.1. The molecule has 3 N–H and O–H groups in total. The molecule has 0 fully saturated rings. The van der Waals surface area contributed by atoms with Crippen LogP contribution in [0.1, 0.15) is 21.6 Å². The minimum atomic E-state index is -0.528. The minimum absolute atomic E-state index is 0.357. The van der Waals surface area contributed by atoms with Crippen molar-refractivity contribution >= 4 is 28.8 Å². The molecule has 0 radical (unpaired) electrons. The lowest BCUT2D eigenvalue weighted by Crippen LogP contribution is -2.10. The Bertz CT molecular complexity index is 1490. The van der Waals surface area contributed by atoms with E-state index in [2.05, 4.69) is 15.4 Å². The molecule has 33 heavy (non-hydrogen) atoms. The zero-order chi connectivity index (χ0) is 22.9. The van der Waals surface area contributed by atoms with Crippen molar-refractivity contribution in [3.63, 3.8) is 0 Å². The number of anilines is 1. The van der Waals surface area contributed by atoms with E-state index in [1.807, 2.05) is 67.6 Å². The monoisotopic (exact) mass is 457 g/mol. The van der Waals surface area contributed by atoms with Gasteiger partial charge in [-0.1, -0.05) is 29.8 Å². The summed E-state index contributed by atoms with van der Waals surface area (Å²) in [6, 6.07) is 19.2. The largest absolute Gasteiger partial charge is 0.365 e. The number of aromatic nitrogens is 5. The van der Waals surface area contributed by atoms with Gasteiger partial charge >= 0.3 is 0 Å². The van der Waals surface area contributed by atoms with Gasteiger partial charge in [0.1, 0.15) is 5.82 Å². The van der Waals surface area contributed by atoms with Crippen molar-refractivity contribution in [1.29, 1.82) is 0 Å². The Morgan fingerprint density at radius 2 is 1.97 bits per heavy atom. The molecule has 0 aliphatic heterocycles. The molecule has 0 aliphatic rings. The number of rotatable bonds is 6. The van der Waals surface area contributed by atoms with Gasteiger partial charge in [0.2, 0.25) is 0 Å². The zero-order valence-corrected chi connectivity index (χ0v) is 18.5. The summed E-state index contributed by atoms with van der Waals surface area (Å²) in [5, 5.41) is 13.0. The molecule has 9 heteroatoms. The van der Waals surface area contributed by atoms with E-state index < -0.39 is 5.91 Å². The third-order valence-electron chi connectivity index (χ3n) is 5.25. The van der Waals surface area contributed by atoms with Gasteiger partial charge in [-0.05, 0) is 48.9 Å². The van der Waals surface area contributed by atoms with Crippen LogP contribution in [-0.4, -0.2) is 30.3 Å². The van der Waals surface area contributed by atoms with E-state index in [1.54, 1.807) is 15.4 Å². The van der Waals surface area contributed by atoms with Crippen LogP contribution in [0, 0.1) is 6.92 Å². The molecule has 0 spiro atoms. The fourth-order valence-corrected chi connectivity index (χ4v) is 3.88. The Kier molecular flexibility index (Phi) is 5.27. The molecule has 0 saturated carbocycles. The number of nitrogens with zero attached hydrogens (tertiary/aromatic N) is 5. The zero-order valence-electron chi connectivity index (χ0n) is 17.7. The molecule has 164 valence electrons. The van der Waals surface area contributed by atoms with E-state index in [-0.39, 0.29) is 0 Å². The summed E-state index contributed by atoms with van der Waals surface area (Å²) in [6.07, 6.45) is 3.26. The molecule has 0 unspecified atom stereocenters. The Morgan fingerprint density at radius 3 is 2.76 bits per heavy atom. The van der Waals surface area contributed by atoms with E-state index >= 15 is 0 Å². The summed E-state index contributed by atoms with van der Waals surface area (Å²) in [5.74, 6) is 0.834. The molecule has 0 aliphatic carbocycles. The highest BCUT2D eigenvalue weighted by molar-refractivity contribution is 6.30. The van der Waals surface area contributed by atoms with Crippen molar-refractivity contribution in [2.45, 2.75) is 13.5 Å². The summed E-state index contributed by atoms with van der Waals surface area (Å²) in [6.45, 7) is 2.49. The molecule has 5 aromatic rings. The van der Waals surface area contributed by atoms with Crippen molar-refractivity contribution in [3.8, 4) is 17.1 Å². The molecule has 1 aromatic carbocycles. The maximum absolute atomic E-state index is 11.8. The first-order chi connectivity index (χ1) is 16.0. The first-order valence-electron chi connectivity index (χ1n) is 10.3. The van der Waals surface area contributed by atoms with Crippen molar-refractivity contribution < 1.29 is 4.79 Å². The fraction of sp³-hybridized carbons (Fsp3) is 0.0833. The molecule has 0 bridgehead atoms. The number of nitrogens with one attached hydrogen (secondary N) is 1. The number of pyridine rings is 2. The predicted molar refractivity (Wildman–Crippen MR) is 128 cm³/mol. The van der Waals surface area contributed by atoms with Gasteiger partial charge in [0.05, 0.1) is 23.0 Å². The molecule has 4 heterocycles. The first kappa shape index (κ1) is 20.7. The standard InChI is InChI=1S/C24H20ClN7O/c1-15-4-2-7-23(29-15)32-20(12-22(30-32)27-13-16-5-3-6-18(25)10-16)17-8-9-31-21(11-17)19(14-28-31)24(26)33/h2-12,14H,13H2,1H3,(H2,26,33)(H,27,30). The van der Waals surface area contributed by atoms with Crippen molar-refractivity contribution in [1.82, 2.24) is 24.4 Å². The van der Waals surface area contributed by atoms with Gasteiger partial charge < -0.3 is 11.1 Å². The number of fused-ring (bicyclic) bond motifs is 1. The van der Waals surface area contributed by atoms with Crippen LogP contribution in [0.15, 0.2) is 73.1 Å². The fourth-order valence-electron chi connectivity index (χ4n) is 3.66. The molecule has 0 atom stereocenters. The summed E-state index contributed by atoms with van der Waals surface area (Å²) in [4.78, 5) is 16.5. The Morgan fingerprint density at radius 1 is 1.12 bits per heavy atom. The number of amides is 1. The second-order valence-corrected chi connectivity index (χ2v) is 8.05. The van der Waals surface area contributed by atoms with Gasteiger partial charge in [0, 0.05) is 35.1 Å². The van der Waals surface area contributed by atoms with E-state index in [0.717, 1.165) is 22.5 Å². The molecular weight excluding hydrogens is 438 g/mol. The SMILES string of the molecule is Cc1cccc(-n2nc(NCc3cccc(Cl)c3)cc2-c2ccn3ncc(C(N)=O)c3c2)n1. The van der Waals surface area contributed by atoms with Gasteiger partial charge in [-0.15, -0.1) is 5.10 Å². The summed E-state index contributed by atoms with van der Waals surface area (Å²) < 4.78 is 3.40. The summed E-state index contributed by atoms with van der Waals surface area (Å²) in [7, 11) is 0. The number of halogens is 1. The minimum Gasteiger partial charge on any atom is -0.365 e. The molecule has 5 rings (SSSR count).